The van der Waals surface area contributed by atoms with Crippen LogP contribution in [-0.2, 0) is 11.0 Å². The summed E-state index contributed by atoms with van der Waals surface area (Å²) in [4.78, 5) is 17.3. The molecular weight excluding hydrogens is 351 g/mol. The summed E-state index contributed by atoms with van der Waals surface area (Å²) in [6.45, 7) is 1.61. The molecule has 2 heterocycles. The number of carbonyl (C=O) groups excluding carboxylic acids is 1. The molecule has 1 N–H and O–H groups in total. The van der Waals surface area contributed by atoms with Gasteiger partial charge in [0.15, 0.2) is 0 Å². The molecule has 0 aliphatic carbocycles. The Morgan fingerprint density at radius 2 is 2.05 bits per heavy atom. The molecule has 0 aromatic carbocycles. The number of carbonyl (C=O) groups is 1. The van der Waals surface area contributed by atoms with E-state index in [0.29, 0.717) is 0 Å². The number of halogens is 4. The molecule has 0 bridgehead atoms. The Morgan fingerprint density at radius 3 is 2.67 bits per heavy atom. The van der Waals surface area contributed by atoms with Crippen LogP contribution in [0.4, 0.5) is 19.0 Å². The lowest BCUT2D eigenvalue weighted by atomic mass is 10.2. The summed E-state index contributed by atoms with van der Waals surface area (Å²) in [6, 6.07) is 0.970. The van der Waals surface area contributed by atoms with Gasteiger partial charge in [0.25, 0.3) is 0 Å². The van der Waals surface area contributed by atoms with Crippen molar-refractivity contribution in [2.24, 2.45) is 0 Å². The van der Waals surface area contributed by atoms with Gasteiger partial charge in [0.05, 0.1) is 5.56 Å². The summed E-state index contributed by atoms with van der Waals surface area (Å²) in [5.41, 5.74) is -0.842. The number of aromatic nitrogens is 1. The van der Waals surface area contributed by atoms with E-state index < -0.39 is 11.7 Å². The highest BCUT2D eigenvalue weighted by molar-refractivity contribution is 9.10. The minimum absolute atomic E-state index is 0.0364. The van der Waals surface area contributed by atoms with E-state index in [1.54, 1.807) is 4.90 Å². The topological polar surface area (TPSA) is 45.2 Å². The van der Waals surface area contributed by atoms with E-state index >= 15 is 0 Å². The number of rotatable bonds is 4. The van der Waals surface area contributed by atoms with Crippen molar-refractivity contribution in [1.29, 1.82) is 0 Å². The first-order chi connectivity index (χ1) is 9.88. The van der Waals surface area contributed by atoms with E-state index in [0.717, 1.165) is 32.0 Å². The fourth-order valence-corrected chi connectivity index (χ4v) is 2.54. The van der Waals surface area contributed by atoms with Gasteiger partial charge < -0.3 is 10.2 Å². The SMILES string of the molecule is O=C(CCNc1ncc(Br)cc1C(F)(F)F)N1CCCC1. The first kappa shape index (κ1) is 16.1. The second-order valence-electron chi connectivity index (χ2n) is 4.81. The van der Waals surface area contributed by atoms with Crippen LogP contribution in [0.5, 0.6) is 0 Å². The maximum absolute atomic E-state index is 12.9. The molecule has 1 saturated heterocycles. The number of likely N-dealkylation sites (tertiary alicyclic amines) is 1. The lowest BCUT2D eigenvalue weighted by Gasteiger charge is -2.16. The largest absolute Gasteiger partial charge is 0.419 e. The Bertz CT molecular complexity index is 516. The summed E-state index contributed by atoms with van der Waals surface area (Å²) in [5, 5.41) is 2.60. The molecule has 8 heteroatoms. The van der Waals surface area contributed by atoms with Crippen molar-refractivity contribution in [3.05, 3.63) is 22.3 Å². The van der Waals surface area contributed by atoms with Gasteiger partial charge in [0, 0.05) is 36.7 Å². The predicted molar refractivity (Wildman–Crippen MR) is 75.9 cm³/mol. The van der Waals surface area contributed by atoms with Crippen molar-refractivity contribution in [2.75, 3.05) is 25.0 Å². The predicted octanol–water partition coefficient (Wildman–Crippen LogP) is 3.29. The van der Waals surface area contributed by atoms with E-state index in [9.17, 15) is 18.0 Å². The molecule has 0 saturated carbocycles. The number of alkyl halides is 3. The summed E-state index contributed by atoms with van der Waals surface area (Å²) < 4.78 is 38.9. The Balaban J connectivity index is 1.95. The van der Waals surface area contributed by atoms with Crippen LogP contribution in [0.3, 0.4) is 0 Å². The van der Waals surface area contributed by atoms with E-state index in [1.165, 1.54) is 6.20 Å². The molecular formula is C13H15BrF3N3O. The van der Waals surface area contributed by atoms with E-state index in [2.05, 4.69) is 26.2 Å². The van der Waals surface area contributed by atoms with Crippen LogP contribution in [0.1, 0.15) is 24.8 Å². The van der Waals surface area contributed by atoms with Gasteiger partial charge in [0.1, 0.15) is 5.82 Å². The second-order valence-corrected chi connectivity index (χ2v) is 5.73. The van der Waals surface area contributed by atoms with Gasteiger partial charge in [0.2, 0.25) is 5.91 Å². The van der Waals surface area contributed by atoms with Crippen LogP contribution in [-0.4, -0.2) is 35.4 Å². The number of nitrogens with zero attached hydrogens (tertiary/aromatic N) is 2. The normalized spacial score (nSPS) is 15.3. The smallest absolute Gasteiger partial charge is 0.369 e. The molecule has 1 fully saturated rings. The molecule has 1 aromatic heterocycles. The Hall–Kier alpha value is -1.31. The summed E-state index contributed by atoms with van der Waals surface area (Å²) >= 11 is 2.97. The van der Waals surface area contributed by atoms with Crippen LogP contribution in [0.15, 0.2) is 16.7 Å². The highest BCUT2D eigenvalue weighted by Crippen LogP contribution is 2.35. The average Bonchev–Trinajstić information content (AvgIpc) is 2.93. The van der Waals surface area contributed by atoms with Gasteiger partial charge in [-0.1, -0.05) is 0 Å². The van der Waals surface area contributed by atoms with Crippen LogP contribution in [0.25, 0.3) is 0 Å². The van der Waals surface area contributed by atoms with Crippen molar-refractivity contribution in [3.8, 4) is 0 Å². The van der Waals surface area contributed by atoms with Crippen molar-refractivity contribution < 1.29 is 18.0 Å². The van der Waals surface area contributed by atoms with Gasteiger partial charge in [-0.15, -0.1) is 0 Å². The van der Waals surface area contributed by atoms with E-state index in [4.69, 9.17) is 0 Å². The number of hydrogen-bond donors (Lipinski definition) is 1. The van der Waals surface area contributed by atoms with E-state index in [-0.39, 0.29) is 29.2 Å². The highest BCUT2D eigenvalue weighted by Gasteiger charge is 2.34. The van der Waals surface area contributed by atoms with Crippen molar-refractivity contribution in [3.63, 3.8) is 0 Å². The van der Waals surface area contributed by atoms with Crippen molar-refractivity contribution in [1.82, 2.24) is 9.88 Å². The molecule has 0 radical (unpaired) electrons. The fraction of sp³-hybridized carbons (Fsp3) is 0.538. The quantitative estimate of drug-likeness (QED) is 0.890. The van der Waals surface area contributed by atoms with E-state index in [1.807, 2.05) is 0 Å². The minimum atomic E-state index is -4.49. The Labute approximate surface area is 128 Å². The molecule has 2 rings (SSSR count). The molecule has 0 spiro atoms. The van der Waals surface area contributed by atoms with Gasteiger partial charge in [-0.05, 0) is 34.8 Å². The third kappa shape index (κ3) is 4.33. The monoisotopic (exact) mass is 365 g/mol. The molecule has 116 valence electrons. The zero-order valence-corrected chi connectivity index (χ0v) is 12.8. The minimum Gasteiger partial charge on any atom is -0.369 e. The fourth-order valence-electron chi connectivity index (χ4n) is 2.21. The van der Waals surface area contributed by atoms with Crippen LogP contribution >= 0.6 is 15.9 Å². The molecule has 1 aliphatic heterocycles. The first-order valence-corrected chi connectivity index (χ1v) is 7.41. The van der Waals surface area contributed by atoms with Crippen LogP contribution < -0.4 is 5.32 Å². The third-order valence-electron chi connectivity index (χ3n) is 3.25. The molecule has 1 aromatic rings. The number of hydrogen-bond acceptors (Lipinski definition) is 3. The summed E-state index contributed by atoms with van der Waals surface area (Å²) in [5.74, 6) is -0.286. The first-order valence-electron chi connectivity index (χ1n) is 6.62. The lowest BCUT2D eigenvalue weighted by Crippen LogP contribution is -2.29. The second kappa shape index (κ2) is 6.64. The van der Waals surface area contributed by atoms with Crippen LogP contribution in [0.2, 0.25) is 0 Å². The number of anilines is 1. The Morgan fingerprint density at radius 1 is 1.38 bits per heavy atom. The van der Waals surface area contributed by atoms with Crippen molar-refractivity contribution in [2.45, 2.75) is 25.4 Å². The average molecular weight is 366 g/mol. The van der Waals surface area contributed by atoms with Gasteiger partial charge in [-0.3, -0.25) is 4.79 Å². The summed E-state index contributed by atoms with van der Waals surface area (Å²) in [7, 11) is 0. The maximum Gasteiger partial charge on any atom is 0.419 e. The Kier molecular flexibility index (Phi) is 5.08. The number of amides is 1. The van der Waals surface area contributed by atoms with Crippen molar-refractivity contribution >= 4 is 27.7 Å². The molecule has 21 heavy (non-hydrogen) atoms. The summed E-state index contributed by atoms with van der Waals surface area (Å²) in [6.07, 6.45) is -1.05. The zero-order chi connectivity index (χ0) is 15.5. The molecule has 1 amide bonds. The highest BCUT2D eigenvalue weighted by atomic mass is 79.9. The van der Waals surface area contributed by atoms with Gasteiger partial charge in [-0.2, -0.15) is 13.2 Å². The zero-order valence-electron chi connectivity index (χ0n) is 11.2. The molecule has 0 unspecified atom stereocenters. The molecule has 0 atom stereocenters. The molecule has 4 nitrogen and oxygen atoms in total. The van der Waals surface area contributed by atoms with Crippen LogP contribution in [0, 0.1) is 0 Å². The number of pyridine rings is 1. The van der Waals surface area contributed by atoms with Gasteiger partial charge >= 0.3 is 6.18 Å². The lowest BCUT2D eigenvalue weighted by molar-refractivity contribution is -0.137. The molecule has 1 aliphatic rings. The van der Waals surface area contributed by atoms with Gasteiger partial charge in [-0.25, -0.2) is 4.98 Å². The maximum atomic E-state index is 12.9. The third-order valence-corrected chi connectivity index (χ3v) is 3.68. The number of nitrogens with one attached hydrogen (secondary N) is 1. The standard InChI is InChI=1S/C13H15BrF3N3O/c14-9-7-10(13(15,16)17)12(19-8-9)18-4-3-11(21)20-5-1-2-6-20/h7-8H,1-6H2,(H,18,19).